The van der Waals surface area contributed by atoms with Gasteiger partial charge in [-0.15, -0.1) is 0 Å². The molecular formula is C16H25N3O2. The summed E-state index contributed by atoms with van der Waals surface area (Å²) in [5.74, 6) is 0.345. The van der Waals surface area contributed by atoms with Crippen molar-refractivity contribution in [2.75, 3.05) is 51.5 Å². The number of nitrogen functional groups attached to an aromatic ring is 1. The van der Waals surface area contributed by atoms with Crippen molar-refractivity contribution in [3.05, 3.63) is 23.8 Å². The van der Waals surface area contributed by atoms with E-state index in [9.17, 15) is 4.79 Å². The Kier molecular flexibility index (Phi) is 5.07. The maximum absolute atomic E-state index is 11.5. The summed E-state index contributed by atoms with van der Waals surface area (Å²) in [6.07, 6.45) is 2.45. The largest absolute Gasteiger partial charge is 0.465 e. The van der Waals surface area contributed by atoms with E-state index >= 15 is 0 Å². The van der Waals surface area contributed by atoms with Gasteiger partial charge in [0.1, 0.15) is 0 Å². The van der Waals surface area contributed by atoms with Crippen molar-refractivity contribution in [3.63, 3.8) is 0 Å². The maximum atomic E-state index is 11.5. The average molecular weight is 291 g/mol. The van der Waals surface area contributed by atoms with Crippen LogP contribution in [-0.2, 0) is 4.74 Å². The number of likely N-dealkylation sites (tertiary alicyclic amines) is 1. The van der Waals surface area contributed by atoms with E-state index in [2.05, 4.69) is 23.9 Å². The number of ether oxygens (including phenoxy) is 1. The molecule has 0 spiro atoms. The fraction of sp³-hybridized carbons (Fsp3) is 0.562. The zero-order chi connectivity index (χ0) is 15.4. The lowest BCUT2D eigenvalue weighted by atomic mass is 9.96. The van der Waals surface area contributed by atoms with Gasteiger partial charge in [0.2, 0.25) is 0 Å². The molecule has 1 aliphatic rings. The van der Waals surface area contributed by atoms with E-state index in [1.807, 2.05) is 6.07 Å². The Labute approximate surface area is 126 Å². The molecule has 1 saturated heterocycles. The van der Waals surface area contributed by atoms with Crippen LogP contribution in [0.4, 0.5) is 11.4 Å². The van der Waals surface area contributed by atoms with Gasteiger partial charge in [-0.3, -0.25) is 0 Å². The molecule has 5 nitrogen and oxygen atoms in total. The monoisotopic (exact) mass is 291 g/mol. The molecular weight excluding hydrogens is 266 g/mol. The third kappa shape index (κ3) is 3.88. The number of esters is 1. The number of carbonyl (C=O) groups excluding carboxylic acids is 1. The molecule has 0 bridgehead atoms. The Morgan fingerprint density at radius 3 is 2.67 bits per heavy atom. The first-order valence-electron chi connectivity index (χ1n) is 7.38. The predicted octanol–water partition coefficient (Wildman–Crippen LogP) is 1.83. The first-order valence-corrected chi connectivity index (χ1v) is 7.38. The molecule has 0 amide bonds. The van der Waals surface area contributed by atoms with E-state index in [0.29, 0.717) is 17.2 Å². The van der Waals surface area contributed by atoms with Crippen LogP contribution in [0.25, 0.3) is 0 Å². The number of nitrogens with two attached hydrogens (primary N) is 1. The maximum Gasteiger partial charge on any atom is 0.337 e. The van der Waals surface area contributed by atoms with Gasteiger partial charge in [0.25, 0.3) is 0 Å². The van der Waals surface area contributed by atoms with Crippen molar-refractivity contribution in [3.8, 4) is 0 Å². The Morgan fingerprint density at radius 2 is 2.10 bits per heavy atom. The molecule has 0 saturated carbocycles. The minimum absolute atomic E-state index is 0.355. The van der Waals surface area contributed by atoms with Crippen LogP contribution in [-0.4, -0.2) is 51.7 Å². The Bertz CT molecular complexity index is 496. The average Bonchev–Trinajstić information content (AvgIpc) is 2.48. The van der Waals surface area contributed by atoms with Crippen molar-refractivity contribution >= 4 is 17.3 Å². The number of hydrogen-bond donors (Lipinski definition) is 1. The molecule has 2 N–H and O–H groups in total. The second-order valence-corrected chi connectivity index (χ2v) is 5.89. The SMILES string of the molecule is COC(=O)c1ccc(N(C)CC2CCN(C)CC2)c(N)c1. The highest BCUT2D eigenvalue weighted by molar-refractivity contribution is 5.91. The number of piperidine rings is 1. The lowest BCUT2D eigenvalue weighted by Crippen LogP contribution is -2.35. The summed E-state index contributed by atoms with van der Waals surface area (Å²) in [5, 5.41) is 0. The van der Waals surface area contributed by atoms with E-state index in [1.54, 1.807) is 12.1 Å². The minimum atomic E-state index is -0.355. The quantitative estimate of drug-likeness (QED) is 0.677. The van der Waals surface area contributed by atoms with Gasteiger partial charge in [0, 0.05) is 13.6 Å². The van der Waals surface area contributed by atoms with Gasteiger partial charge < -0.3 is 20.3 Å². The highest BCUT2D eigenvalue weighted by atomic mass is 16.5. The summed E-state index contributed by atoms with van der Waals surface area (Å²) in [4.78, 5) is 16.1. The van der Waals surface area contributed by atoms with Crippen LogP contribution in [0, 0.1) is 5.92 Å². The standard InChI is InChI=1S/C16H25N3O2/c1-18-8-6-12(7-9-18)11-19(2)15-5-4-13(10-14(15)17)16(20)21-3/h4-5,10,12H,6-9,11,17H2,1-3H3. The number of hydrogen-bond acceptors (Lipinski definition) is 5. The van der Waals surface area contributed by atoms with Gasteiger partial charge >= 0.3 is 5.97 Å². The van der Waals surface area contributed by atoms with Crippen LogP contribution in [0.3, 0.4) is 0 Å². The lowest BCUT2D eigenvalue weighted by Gasteiger charge is -2.32. The van der Waals surface area contributed by atoms with Crippen molar-refractivity contribution in [1.82, 2.24) is 4.90 Å². The second kappa shape index (κ2) is 6.80. The van der Waals surface area contributed by atoms with E-state index < -0.39 is 0 Å². The van der Waals surface area contributed by atoms with Gasteiger partial charge in [-0.05, 0) is 57.1 Å². The lowest BCUT2D eigenvalue weighted by molar-refractivity contribution is 0.0601. The van der Waals surface area contributed by atoms with E-state index in [4.69, 9.17) is 10.5 Å². The topological polar surface area (TPSA) is 58.8 Å². The van der Waals surface area contributed by atoms with Crippen LogP contribution < -0.4 is 10.6 Å². The summed E-state index contributed by atoms with van der Waals surface area (Å²) in [6, 6.07) is 5.35. The molecule has 2 rings (SSSR count). The van der Waals surface area contributed by atoms with Crippen molar-refractivity contribution in [2.45, 2.75) is 12.8 Å². The molecule has 1 aromatic rings. The first kappa shape index (κ1) is 15.6. The van der Waals surface area contributed by atoms with E-state index in [-0.39, 0.29) is 5.97 Å². The summed E-state index contributed by atoms with van der Waals surface area (Å²) in [7, 11) is 5.60. The molecule has 0 aliphatic carbocycles. The van der Waals surface area contributed by atoms with E-state index in [0.717, 1.165) is 25.3 Å². The molecule has 1 heterocycles. The number of carbonyl (C=O) groups is 1. The minimum Gasteiger partial charge on any atom is -0.465 e. The number of benzene rings is 1. The van der Waals surface area contributed by atoms with Crippen molar-refractivity contribution < 1.29 is 9.53 Å². The Balaban J connectivity index is 2.02. The number of methoxy groups -OCH3 is 1. The molecule has 0 unspecified atom stereocenters. The van der Waals surface area contributed by atoms with Crippen molar-refractivity contribution in [1.29, 1.82) is 0 Å². The smallest absolute Gasteiger partial charge is 0.337 e. The third-order valence-electron chi connectivity index (χ3n) is 4.23. The first-order chi connectivity index (χ1) is 10.0. The zero-order valence-electron chi connectivity index (χ0n) is 13.1. The predicted molar refractivity (Wildman–Crippen MR) is 85.7 cm³/mol. The fourth-order valence-electron chi connectivity index (χ4n) is 2.88. The molecule has 0 atom stereocenters. The molecule has 5 heteroatoms. The highest BCUT2D eigenvalue weighted by Crippen LogP contribution is 2.26. The second-order valence-electron chi connectivity index (χ2n) is 5.89. The zero-order valence-corrected chi connectivity index (χ0v) is 13.1. The van der Waals surface area contributed by atoms with Gasteiger partial charge in [-0.1, -0.05) is 0 Å². The third-order valence-corrected chi connectivity index (χ3v) is 4.23. The fourth-order valence-corrected chi connectivity index (χ4v) is 2.88. The van der Waals surface area contributed by atoms with E-state index in [1.165, 1.54) is 20.0 Å². The summed E-state index contributed by atoms with van der Waals surface area (Å²) in [6.45, 7) is 3.32. The van der Waals surface area contributed by atoms with Crippen LogP contribution in [0.2, 0.25) is 0 Å². The number of nitrogens with zero attached hydrogens (tertiary/aromatic N) is 2. The molecule has 1 fully saturated rings. The van der Waals surface area contributed by atoms with Gasteiger partial charge in [-0.2, -0.15) is 0 Å². The van der Waals surface area contributed by atoms with Crippen molar-refractivity contribution in [2.24, 2.45) is 5.92 Å². The normalized spacial score (nSPS) is 16.7. The van der Waals surface area contributed by atoms with Gasteiger partial charge in [0.15, 0.2) is 0 Å². The van der Waals surface area contributed by atoms with Crippen LogP contribution in [0.5, 0.6) is 0 Å². The molecule has 0 aromatic heterocycles. The van der Waals surface area contributed by atoms with Crippen LogP contribution in [0.1, 0.15) is 23.2 Å². The van der Waals surface area contributed by atoms with Crippen LogP contribution in [0.15, 0.2) is 18.2 Å². The Morgan fingerprint density at radius 1 is 1.43 bits per heavy atom. The molecule has 1 aliphatic heterocycles. The highest BCUT2D eigenvalue weighted by Gasteiger charge is 2.19. The number of rotatable bonds is 4. The summed E-state index contributed by atoms with van der Waals surface area (Å²) < 4.78 is 4.71. The molecule has 116 valence electrons. The molecule has 0 radical (unpaired) electrons. The number of anilines is 2. The summed E-state index contributed by atoms with van der Waals surface area (Å²) >= 11 is 0. The van der Waals surface area contributed by atoms with Gasteiger partial charge in [0.05, 0.1) is 24.0 Å². The van der Waals surface area contributed by atoms with Gasteiger partial charge in [-0.25, -0.2) is 4.79 Å². The van der Waals surface area contributed by atoms with Crippen LogP contribution >= 0.6 is 0 Å². The molecule has 21 heavy (non-hydrogen) atoms. The Hall–Kier alpha value is -1.75. The summed E-state index contributed by atoms with van der Waals surface area (Å²) in [5.41, 5.74) is 8.17. The molecule has 1 aromatic carbocycles.